The van der Waals surface area contributed by atoms with Gasteiger partial charge >= 0.3 is 0 Å². The van der Waals surface area contributed by atoms with Crippen LogP contribution >= 0.6 is 0 Å². The van der Waals surface area contributed by atoms with Crippen molar-refractivity contribution in [3.8, 4) is 0 Å². The molecule has 0 saturated carbocycles. The van der Waals surface area contributed by atoms with Crippen LogP contribution in [0.4, 0.5) is 0 Å². The second-order valence-corrected chi connectivity index (χ2v) is 4.97. The van der Waals surface area contributed by atoms with Crippen molar-refractivity contribution in [1.82, 2.24) is 25.1 Å². The Bertz CT molecular complexity index is 665. The van der Waals surface area contributed by atoms with Crippen LogP contribution < -0.4 is 0 Å². The van der Waals surface area contributed by atoms with Gasteiger partial charge in [0.05, 0.1) is 11.9 Å². The van der Waals surface area contributed by atoms with Crippen molar-refractivity contribution >= 4 is 0 Å². The van der Waals surface area contributed by atoms with E-state index in [1.165, 1.54) is 5.56 Å². The number of aryl methyl sites for hydroxylation is 4. The van der Waals surface area contributed by atoms with Gasteiger partial charge in [-0.05, 0) is 44.5 Å². The van der Waals surface area contributed by atoms with Gasteiger partial charge in [-0.25, -0.2) is 0 Å². The Morgan fingerprint density at radius 2 is 1.07 bits per heavy atom. The second-order valence-electron chi connectivity index (χ2n) is 4.97. The first kappa shape index (κ1) is 76.9. The topological polar surface area (TPSA) is 82.8 Å². The Balaban J connectivity index is -0.0000000239. The molecule has 4 rings (SSSR count). The van der Waals surface area contributed by atoms with Crippen LogP contribution in [0.3, 0.4) is 0 Å². The molecule has 0 bridgehead atoms. The molecule has 0 radical (unpaired) electrons. The smallest absolute Gasteiger partial charge is 0.133 e. The SMILES string of the molecule is C.C.C.C.C.C.C.C.CC.CC.CC.CC.Cc1ccncc1.Cc1ccno1.Cc1ccon1.Cn1cccn1. The first-order chi connectivity index (χ1) is 16.1. The molecular formula is C34H79N5O2. The zero-order valence-corrected chi connectivity index (χ0v) is 22.9. The van der Waals surface area contributed by atoms with E-state index in [1.807, 2.05) is 108 Å². The molecule has 0 spiro atoms. The molecule has 0 aromatic carbocycles. The van der Waals surface area contributed by atoms with Gasteiger partial charge < -0.3 is 9.05 Å². The van der Waals surface area contributed by atoms with Crippen LogP contribution in [0.5, 0.6) is 0 Å². The molecule has 7 heteroatoms. The molecule has 0 aliphatic rings. The summed E-state index contributed by atoms with van der Waals surface area (Å²) in [6.45, 7) is 21.8. The summed E-state index contributed by atoms with van der Waals surface area (Å²) < 4.78 is 10.8. The molecule has 0 fully saturated rings. The van der Waals surface area contributed by atoms with Crippen LogP contribution in [0.2, 0.25) is 0 Å². The minimum Gasteiger partial charge on any atom is -0.365 e. The van der Waals surface area contributed by atoms with E-state index in [0.717, 1.165) is 11.5 Å². The lowest BCUT2D eigenvalue weighted by molar-refractivity contribution is 0.397. The third kappa shape index (κ3) is 66.9. The molecule has 0 aliphatic heterocycles. The van der Waals surface area contributed by atoms with Gasteiger partial charge in [0.15, 0.2) is 0 Å². The average Bonchev–Trinajstić information content (AvgIpc) is 3.67. The number of pyridine rings is 1. The summed E-state index contributed by atoms with van der Waals surface area (Å²) in [6.07, 6.45) is 10.4. The molecule has 0 N–H and O–H groups in total. The van der Waals surface area contributed by atoms with E-state index in [4.69, 9.17) is 0 Å². The molecule has 0 amide bonds. The predicted octanol–water partition coefficient (Wildman–Crippen LogP) is 13.0. The van der Waals surface area contributed by atoms with E-state index in [-0.39, 0.29) is 59.4 Å². The molecule has 4 heterocycles. The molecule has 4 aromatic rings. The van der Waals surface area contributed by atoms with E-state index < -0.39 is 0 Å². The van der Waals surface area contributed by atoms with Gasteiger partial charge in [-0.3, -0.25) is 9.67 Å². The maximum atomic E-state index is 4.58. The maximum Gasteiger partial charge on any atom is 0.133 e. The number of hydrogen-bond donors (Lipinski definition) is 0. The summed E-state index contributed by atoms with van der Waals surface area (Å²) in [7, 11) is 1.89. The quantitative estimate of drug-likeness (QED) is 0.203. The maximum absolute atomic E-state index is 4.58. The van der Waals surface area contributed by atoms with Crippen LogP contribution in [0, 0.1) is 20.8 Å². The van der Waals surface area contributed by atoms with Crippen LogP contribution in [0.25, 0.3) is 0 Å². The van der Waals surface area contributed by atoms with E-state index >= 15 is 0 Å². The van der Waals surface area contributed by atoms with E-state index in [9.17, 15) is 0 Å². The number of rotatable bonds is 0. The summed E-state index contributed by atoms with van der Waals surface area (Å²) in [5, 5.41) is 10.8. The number of aromatic nitrogens is 5. The largest absolute Gasteiger partial charge is 0.365 e. The van der Waals surface area contributed by atoms with Gasteiger partial charge in [-0.1, -0.05) is 125 Å². The van der Waals surface area contributed by atoms with Gasteiger partial charge in [-0.15, -0.1) is 0 Å². The van der Waals surface area contributed by atoms with Crippen molar-refractivity contribution in [2.75, 3.05) is 0 Å². The molecule has 41 heavy (non-hydrogen) atoms. The third-order valence-electron chi connectivity index (χ3n) is 2.62. The normalized spacial score (nSPS) is 5.95. The van der Waals surface area contributed by atoms with Gasteiger partial charge in [0, 0.05) is 44.0 Å². The molecule has 0 aliphatic carbocycles. The Labute approximate surface area is 261 Å². The van der Waals surface area contributed by atoms with Crippen molar-refractivity contribution in [3.63, 3.8) is 0 Å². The lowest BCUT2D eigenvalue weighted by atomic mass is 10.3. The fourth-order valence-electron chi connectivity index (χ4n) is 1.32. The molecular weight excluding hydrogens is 510 g/mol. The lowest BCUT2D eigenvalue weighted by Gasteiger charge is -1.82. The van der Waals surface area contributed by atoms with Crippen molar-refractivity contribution in [2.45, 2.75) is 136 Å². The highest BCUT2D eigenvalue weighted by Gasteiger charge is 1.78. The van der Waals surface area contributed by atoms with Crippen LogP contribution in [0.15, 0.2) is 76.6 Å². The minimum atomic E-state index is 0. The predicted molar refractivity (Wildman–Crippen MR) is 194 cm³/mol. The monoisotopic (exact) mass is 590 g/mol. The van der Waals surface area contributed by atoms with Crippen molar-refractivity contribution < 1.29 is 9.05 Å². The molecule has 0 saturated heterocycles. The Kier molecular flexibility index (Phi) is 133. The minimum absolute atomic E-state index is 0. The molecule has 0 unspecified atom stereocenters. The highest BCUT2D eigenvalue weighted by Crippen LogP contribution is 1.89. The fraction of sp³-hybridized carbons (Fsp3) is 0.588. The molecule has 0 atom stereocenters. The Morgan fingerprint density at radius 1 is 0.610 bits per heavy atom. The summed E-state index contributed by atoms with van der Waals surface area (Å²) >= 11 is 0. The van der Waals surface area contributed by atoms with E-state index in [0.29, 0.717) is 0 Å². The standard InChI is InChI=1S/C6H7N.C4H6N2.2C4H5NO.4C2H6.8CH4/c1-6-2-4-7-5-3-6;1-6-4-2-3-5-6;1-4-2-3-6-5-4;1-4-2-3-5-6-4;4*1-2;;;;;;;;/h2-5H,1H3;2-4H,1H3;2*2-3H,1H3;4*1-2H3;8*1H4. The lowest BCUT2D eigenvalue weighted by Crippen LogP contribution is -1.83. The van der Waals surface area contributed by atoms with Crippen LogP contribution in [0.1, 0.15) is 132 Å². The molecule has 252 valence electrons. The Morgan fingerprint density at radius 3 is 1.20 bits per heavy atom. The third-order valence-corrected chi connectivity index (χ3v) is 2.62. The van der Waals surface area contributed by atoms with Crippen molar-refractivity contribution in [1.29, 1.82) is 0 Å². The van der Waals surface area contributed by atoms with Gasteiger partial charge in [-0.2, -0.15) is 5.10 Å². The van der Waals surface area contributed by atoms with E-state index in [2.05, 4.69) is 29.4 Å². The Hall–Kier alpha value is -3.22. The molecule has 7 nitrogen and oxygen atoms in total. The summed E-state index contributed by atoms with van der Waals surface area (Å²) in [6, 6.07) is 9.44. The van der Waals surface area contributed by atoms with Crippen molar-refractivity contribution in [3.05, 3.63) is 84.6 Å². The first-order valence-corrected chi connectivity index (χ1v) is 11.6. The van der Waals surface area contributed by atoms with Gasteiger partial charge in [0.25, 0.3) is 0 Å². The van der Waals surface area contributed by atoms with Crippen molar-refractivity contribution in [2.24, 2.45) is 7.05 Å². The van der Waals surface area contributed by atoms with Crippen LogP contribution in [-0.4, -0.2) is 25.1 Å². The first-order valence-electron chi connectivity index (χ1n) is 11.6. The molecule has 4 aromatic heterocycles. The second kappa shape index (κ2) is 70.8. The van der Waals surface area contributed by atoms with E-state index in [1.54, 1.807) is 47.9 Å². The summed E-state index contributed by atoms with van der Waals surface area (Å²) in [5.74, 6) is 0.856. The van der Waals surface area contributed by atoms with Gasteiger partial charge in [0.1, 0.15) is 12.0 Å². The number of nitrogens with zero attached hydrogens (tertiary/aromatic N) is 5. The highest BCUT2D eigenvalue weighted by molar-refractivity contribution is 5.05. The van der Waals surface area contributed by atoms with Gasteiger partial charge in [0.2, 0.25) is 0 Å². The zero-order chi connectivity index (χ0) is 26.3. The zero-order valence-electron chi connectivity index (χ0n) is 22.9. The summed E-state index contributed by atoms with van der Waals surface area (Å²) in [5.41, 5.74) is 2.19. The highest BCUT2D eigenvalue weighted by atomic mass is 16.5. The summed E-state index contributed by atoms with van der Waals surface area (Å²) in [4.78, 5) is 3.85. The van der Waals surface area contributed by atoms with Crippen LogP contribution in [-0.2, 0) is 7.05 Å². The fourth-order valence-corrected chi connectivity index (χ4v) is 1.32. The average molecular weight is 590 g/mol. The number of hydrogen-bond acceptors (Lipinski definition) is 6.